The molecule has 134 valence electrons. The van der Waals surface area contributed by atoms with Crippen LogP contribution in [-0.2, 0) is 16.6 Å². The molecule has 0 bridgehead atoms. The summed E-state index contributed by atoms with van der Waals surface area (Å²) >= 11 is 0. The van der Waals surface area contributed by atoms with Gasteiger partial charge in [0.15, 0.2) is 0 Å². The van der Waals surface area contributed by atoms with E-state index in [0.717, 1.165) is 30.0 Å². The third kappa shape index (κ3) is 2.67. The number of carbonyl (C=O) groups is 1. The lowest BCUT2D eigenvalue weighted by Crippen LogP contribution is -2.64. The molecule has 1 spiro atoms. The van der Waals surface area contributed by atoms with Crippen molar-refractivity contribution in [1.29, 1.82) is 0 Å². The van der Waals surface area contributed by atoms with Crippen molar-refractivity contribution in [3.8, 4) is 0 Å². The van der Waals surface area contributed by atoms with E-state index in [0.29, 0.717) is 6.10 Å². The van der Waals surface area contributed by atoms with Gasteiger partial charge in [-0.2, -0.15) is 5.10 Å². The van der Waals surface area contributed by atoms with Crippen molar-refractivity contribution in [3.63, 3.8) is 0 Å². The highest BCUT2D eigenvalue weighted by molar-refractivity contribution is 5.84. The van der Waals surface area contributed by atoms with E-state index >= 15 is 0 Å². The molecule has 2 aliphatic carbocycles. The normalized spacial score (nSPS) is 26.4. The molecule has 0 radical (unpaired) electrons. The standard InChI is InChI=1S/C19H31N3O2/c1-6-24-16-11-15(19(16)9-7-8-10-19)20-18(23)12(2)17-13(3)21-22(5)14(17)4/h12,15-16H,6-11H2,1-5H3,(H,20,23)/t12-,15-,16-/m1/s1. The Morgan fingerprint density at radius 1 is 1.42 bits per heavy atom. The van der Waals surface area contributed by atoms with E-state index in [-0.39, 0.29) is 23.3 Å². The van der Waals surface area contributed by atoms with Crippen molar-refractivity contribution in [2.45, 2.75) is 77.9 Å². The highest BCUT2D eigenvalue weighted by Gasteiger charge is 2.57. The molecule has 1 aromatic rings. The van der Waals surface area contributed by atoms with E-state index in [1.807, 2.05) is 32.5 Å². The number of rotatable bonds is 5. The zero-order chi connectivity index (χ0) is 17.5. The Morgan fingerprint density at radius 3 is 2.62 bits per heavy atom. The molecule has 5 nitrogen and oxygen atoms in total. The maximum atomic E-state index is 12.9. The third-order valence-electron chi connectivity index (χ3n) is 6.40. The minimum absolute atomic E-state index is 0.125. The summed E-state index contributed by atoms with van der Waals surface area (Å²) in [5, 5.41) is 7.79. The molecule has 3 atom stereocenters. The first-order valence-electron chi connectivity index (χ1n) is 9.32. The van der Waals surface area contributed by atoms with Crippen molar-refractivity contribution in [3.05, 3.63) is 17.0 Å². The maximum absolute atomic E-state index is 12.9. The largest absolute Gasteiger partial charge is 0.378 e. The number of hydrogen-bond acceptors (Lipinski definition) is 3. The van der Waals surface area contributed by atoms with Crippen LogP contribution in [0.15, 0.2) is 0 Å². The topological polar surface area (TPSA) is 56.1 Å². The minimum atomic E-state index is -0.164. The van der Waals surface area contributed by atoms with Gasteiger partial charge < -0.3 is 10.1 Å². The SMILES string of the molecule is CCO[C@@H]1C[C@@H](NC(=O)[C@H](C)c2c(C)nn(C)c2C)C12CCCC2. The molecule has 1 N–H and O–H groups in total. The Kier molecular flexibility index (Phi) is 4.73. The van der Waals surface area contributed by atoms with Crippen LogP contribution in [0.25, 0.3) is 0 Å². The Hall–Kier alpha value is -1.36. The molecule has 2 aliphatic rings. The molecule has 0 unspecified atom stereocenters. The predicted octanol–water partition coefficient (Wildman–Crippen LogP) is 2.99. The molecule has 3 rings (SSSR count). The number of ether oxygens (including phenoxy) is 1. The van der Waals surface area contributed by atoms with Gasteiger partial charge in [-0.15, -0.1) is 0 Å². The monoisotopic (exact) mass is 333 g/mol. The summed E-state index contributed by atoms with van der Waals surface area (Å²) in [5.41, 5.74) is 3.28. The Morgan fingerprint density at radius 2 is 2.08 bits per heavy atom. The fourth-order valence-corrected chi connectivity index (χ4v) is 4.93. The van der Waals surface area contributed by atoms with Gasteiger partial charge in [-0.3, -0.25) is 9.48 Å². The molecule has 0 saturated heterocycles. The van der Waals surface area contributed by atoms with E-state index in [1.54, 1.807) is 0 Å². The Balaban J connectivity index is 1.71. The number of aryl methyl sites for hydroxylation is 2. The molecule has 0 aliphatic heterocycles. The summed E-state index contributed by atoms with van der Waals surface area (Å²) in [4.78, 5) is 12.9. The average Bonchev–Trinajstić information content (AvgIpc) is 3.14. The van der Waals surface area contributed by atoms with Crippen LogP contribution >= 0.6 is 0 Å². The third-order valence-corrected chi connectivity index (χ3v) is 6.40. The molecule has 1 amide bonds. The van der Waals surface area contributed by atoms with Gasteiger partial charge in [-0.1, -0.05) is 12.8 Å². The van der Waals surface area contributed by atoms with Crippen LogP contribution in [0.5, 0.6) is 0 Å². The van der Waals surface area contributed by atoms with Crippen molar-refractivity contribution in [1.82, 2.24) is 15.1 Å². The lowest BCUT2D eigenvalue weighted by atomic mass is 9.60. The van der Waals surface area contributed by atoms with Crippen molar-refractivity contribution < 1.29 is 9.53 Å². The Bertz CT molecular complexity index is 616. The van der Waals surface area contributed by atoms with Gasteiger partial charge in [-0.05, 0) is 47.0 Å². The smallest absolute Gasteiger partial charge is 0.227 e. The van der Waals surface area contributed by atoms with Gasteiger partial charge in [0.2, 0.25) is 5.91 Å². The first kappa shape index (κ1) is 17.5. The highest BCUT2D eigenvalue weighted by Crippen LogP contribution is 2.54. The molecule has 2 fully saturated rings. The van der Waals surface area contributed by atoms with Crippen LogP contribution in [0.2, 0.25) is 0 Å². The number of aromatic nitrogens is 2. The first-order chi connectivity index (χ1) is 11.4. The van der Waals surface area contributed by atoms with E-state index in [4.69, 9.17) is 4.74 Å². The van der Waals surface area contributed by atoms with E-state index in [2.05, 4.69) is 17.3 Å². The fourth-order valence-electron chi connectivity index (χ4n) is 4.93. The van der Waals surface area contributed by atoms with Crippen LogP contribution in [0.1, 0.15) is 68.8 Å². The zero-order valence-corrected chi connectivity index (χ0v) is 15.7. The molecule has 24 heavy (non-hydrogen) atoms. The maximum Gasteiger partial charge on any atom is 0.227 e. The second-order valence-corrected chi connectivity index (χ2v) is 7.61. The van der Waals surface area contributed by atoms with Crippen molar-refractivity contribution in [2.24, 2.45) is 12.5 Å². The molecule has 2 saturated carbocycles. The molecule has 5 heteroatoms. The van der Waals surface area contributed by atoms with E-state index < -0.39 is 0 Å². The molecule has 1 heterocycles. The number of nitrogens with zero attached hydrogens (tertiary/aromatic N) is 2. The van der Waals surface area contributed by atoms with Gasteiger partial charge in [0.1, 0.15) is 0 Å². The highest BCUT2D eigenvalue weighted by atomic mass is 16.5. The number of carbonyl (C=O) groups excluding carboxylic acids is 1. The van der Waals surface area contributed by atoms with Gasteiger partial charge >= 0.3 is 0 Å². The summed E-state index contributed by atoms with van der Waals surface area (Å²) in [7, 11) is 1.93. The fraction of sp³-hybridized carbons (Fsp3) is 0.789. The lowest BCUT2D eigenvalue weighted by molar-refractivity contribution is -0.144. The average molecular weight is 333 g/mol. The zero-order valence-electron chi connectivity index (χ0n) is 15.7. The number of hydrogen-bond donors (Lipinski definition) is 1. The summed E-state index contributed by atoms with van der Waals surface area (Å²) in [6.45, 7) is 8.83. The molecule has 1 aromatic heterocycles. The quantitative estimate of drug-likeness (QED) is 0.901. The van der Waals surface area contributed by atoms with Crippen LogP contribution in [0.4, 0.5) is 0 Å². The molecular formula is C19H31N3O2. The van der Waals surface area contributed by atoms with Crippen molar-refractivity contribution in [2.75, 3.05) is 6.61 Å². The van der Waals surface area contributed by atoms with Crippen molar-refractivity contribution >= 4 is 5.91 Å². The van der Waals surface area contributed by atoms with Crippen LogP contribution in [-0.4, -0.2) is 34.4 Å². The predicted molar refractivity (Wildman–Crippen MR) is 94.0 cm³/mol. The number of amides is 1. The van der Waals surface area contributed by atoms with Gasteiger partial charge in [0, 0.05) is 36.4 Å². The summed E-state index contributed by atoms with van der Waals surface area (Å²) in [5.74, 6) is -0.0382. The second kappa shape index (κ2) is 6.51. The summed E-state index contributed by atoms with van der Waals surface area (Å²) < 4.78 is 7.81. The Labute approximate surface area is 145 Å². The van der Waals surface area contributed by atoms with Gasteiger partial charge in [0.25, 0.3) is 0 Å². The molecule has 0 aromatic carbocycles. The minimum Gasteiger partial charge on any atom is -0.378 e. The van der Waals surface area contributed by atoms with E-state index in [1.165, 1.54) is 25.7 Å². The molecular weight excluding hydrogens is 302 g/mol. The van der Waals surface area contributed by atoms with Crippen LogP contribution in [0.3, 0.4) is 0 Å². The lowest BCUT2D eigenvalue weighted by Gasteiger charge is -2.54. The van der Waals surface area contributed by atoms with Crippen LogP contribution in [0, 0.1) is 19.3 Å². The van der Waals surface area contributed by atoms with E-state index in [9.17, 15) is 4.79 Å². The summed E-state index contributed by atoms with van der Waals surface area (Å²) in [6, 6.07) is 0.267. The summed E-state index contributed by atoms with van der Waals surface area (Å²) in [6.07, 6.45) is 6.16. The van der Waals surface area contributed by atoms with Gasteiger partial charge in [0.05, 0.1) is 17.7 Å². The second-order valence-electron chi connectivity index (χ2n) is 7.61. The number of nitrogens with one attached hydrogen (secondary N) is 1. The van der Waals surface area contributed by atoms with Crippen LogP contribution < -0.4 is 5.32 Å². The van der Waals surface area contributed by atoms with Gasteiger partial charge in [-0.25, -0.2) is 0 Å². The first-order valence-corrected chi connectivity index (χ1v) is 9.32.